The number of aromatic nitrogens is 3. The molecule has 0 unspecified atom stereocenters. The highest BCUT2D eigenvalue weighted by atomic mass is 35.5. The van der Waals surface area contributed by atoms with Crippen molar-refractivity contribution in [3.63, 3.8) is 0 Å². The van der Waals surface area contributed by atoms with Gasteiger partial charge in [-0.25, -0.2) is 4.98 Å². The number of alkyl halides is 2. The number of pyridine rings is 1. The lowest BCUT2D eigenvalue weighted by Crippen LogP contribution is -2.06. The van der Waals surface area contributed by atoms with Crippen LogP contribution in [0.1, 0.15) is 17.1 Å². The van der Waals surface area contributed by atoms with Crippen LogP contribution in [-0.2, 0) is 17.7 Å². The molecule has 8 heteroatoms. The third-order valence-electron chi connectivity index (χ3n) is 4.78. The highest BCUT2D eigenvalue weighted by molar-refractivity contribution is 6.32. The molecule has 152 valence electrons. The zero-order chi connectivity index (χ0) is 20.5. The van der Waals surface area contributed by atoms with Crippen LogP contribution in [0.2, 0.25) is 5.02 Å². The standard InChI is InChI=1S/C21H20ClF2N3O2/c1-12-9-15(10-13(2)25-12)19-17-5-7-28-8-6-27(17)20(26-19)14-3-4-18(16(22)11-14)29-21(23)24/h3-4,9-11,21H,5-8H2,1-2H3. The molecule has 5 nitrogen and oxygen atoms in total. The van der Waals surface area contributed by atoms with Crippen molar-refractivity contribution in [2.24, 2.45) is 0 Å². The Morgan fingerprint density at radius 3 is 2.52 bits per heavy atom. The first-order valence-corrected chi connectivity index (χ1v) is 9.67. The van der Waals surface area contributed by atoms with Gasteiger partial charge in [0.15, 0.2) is 0 Å². The highest BCUT2D eigenvalue weighted by Gasteiger charge is 2.22. The van der Waals surface area contributed by atoms with Gasteiger partial charge < -0.3 is 14.0 Å². The van der Waals surface area contributed by atoms with Gasteiger partial charge in [-0.3, -0.25) is 4.98 Å². The van der Waals surface area contributed by atoms with Gasteiger partial charge in [-0.05, 0) is 44.2 Å². The molecule has 0 N–H and O–H groups in total. The average molecular weight is 420 g/mol. The molecule has 0 saturated heterocycles. The maximum atomic E-state index is 12.5. The molecule has 0 saturated carbocycles. The third kappa shape index (κ3) is 4.11. The van der Waals surface area contributed by atoms with Crippen LogP contribution < -0.4 is 4.74 Å². The van der Waals surface area contributed by atoms with Crippen LogP contribution in [0.25, 0.3) is 22.6 Å². The molecule has 0 atom stereocenters. The molecule has 0 radical (unpaired) electrons. The van der Waals surface area contributed by atoms with Crippen LogP contribution in [0.5, 0.6) is 5.75 Å². The van der Waals surface area contributed by atoms with E-state index in [-0.39, 0.29) is 10.8 Å². The number of rotatable bonds is 4. The Hall–Kier alpha value is -2.51. The number of benzene rings is 1. The van der Waals surface area contributed by atoms with E-state index in [0.29, 0.717) is 19.8 Å². The number of ether oxygens (including phenoxy) is 2. The van der Waals surface area contributed by atoms with Crippen molar-refractivity contribution in [3.8, 4) is 28.4 Å². The zero-order valence-corrected chi connectivity index (χ0v) is 16.8. The lowest BCUT2D eigenvalue weighted by atomic mass is 10.1. The molecule has 4 rings (SSSR count). The maximum absolute atomic E-state index is 12.5. The molecular formula is C21H20ClF2N3O2. The van der Waals surface area contributed by atoms with E-state index in [2.05, 4.69) is 14.3 Å². The van der Waals surface area contributed by atoms with E-state index in [1.54, 1.807) is 12.1 Å². The largest absolute Gasteiger partial charge is 0.433 e. The molecule has 2 aromatic heterocycles. The van der Waals surface area contributed by atoms with Crippen LogP contribution in [0.4, 0.5) is 8.78 Å². The first-order chi connectivity index (χ1) is 13.9. The summed E-state index contributed by atoms with van der Waals surface area (Å²) < 4.78 is 37.3. The summed E-state index contributed by atoms with van der Waals surface area (Å²) in [6.07, 6.45) is 0.725. The van der Waals surface area contributed by atoms with Gasteiger partial charge in [0.05, 0.1) is 23.9 Å². The van der Waals surface area contributed by atoms with E-state index in [1.807, 2.05) is 26.0 Å². The summed E-state index contributed by atoms with van der Waals surface area (Å²) in [7, 11) is 0. The van der Waals surface area contributed by atoms with E-state index in [0.717, 1.165) is 46.1 Å². The van der Waals surface area contributed by atoms with Crippen LogP contribution in [0.3, 0.4) is 0 Å². The fraction of sp³-hybridized carbons (Fsp3) is 0.333. The first kappa shape index (κ1) is 19.8. The number of imidazole rings is 1. The number of nitrogens with zero attached hydrogens (tertiary/aromatic N) is 3. The SMILES string of the molecule is Cc1cc(-c2nc(-c3ccc(OC(F)F)c(Cl)c3)n3c2CCOCC3)cc(C)n1. The van der Waals surface area contributed by atoms with E-state index in [1.165, 1.54) is 6.07 Å². The average Bonchev–Trinajstić information content (AvgIpc) is 2.84. The molecule has 1 aliphatic heterocycles. The Bertz CT molecular complexity index is 1030. The number of halogens is 3. The number of aryl methyl sites for hydroxylation is 2. The van der Waals surface area contributed by atoms with Crippen LogP contribution >= 0.6 is 11.6 Å². The van der Waals surface area contributed by atoms with Gasteiger partial charge in [0, 0.05) is 41.2 Å². The summed E-state index contributed by atoms with van der Waals surface area (Å²) in [6, 6.07) is 8.76. The summed E-state index contributed by atoms with van der Waals surface area (Å²) >= 11 is 6.18. The highest BCUT2D eigenvalue weighted by Crippen LogP contribution is 2.35. The lowest BCUT2D eigenvalue weighted by molar-refractivity contribution is -0.0497. The first-order valence-electron chi connectivity index (χ1n) is 9.30. The predicted octanol–water partition coefficient (Wildman–Crippen LogP) is 5.06. The predicted molar refractivity (Wildman–Crippen MR) is 107 cm³/mol. The Morgan fingerprint density at radius 1 is 1.07 bits per heavy atom. The molecule has 0 spiro atoms. The van der Waals surface area contributed by atoms with Crippen molar-refractivity contribution in [3.05, 3.63) is 52.4 Å². The summed E-state index contributed by atoms with van der Waals surface area (Å²) in [4.78, 5) is 9.37. The Labute approximate surface area is 172 Å². The van der Waals surface area contributed by atoms with Gasteiger partial charge in [-0.15, -0.1) is 0 Å². The minimum atomic E-state index is -2.93. The number of hydrogen-bond acceptors (Lipinski definition) is 4. The quantitative estimate of drug-likeness (QED) is 0.593. The van der Waals surface area contributed by atoms with Crippen molar-refractivity contribution in [2.75, 3.05) is 13.2 Å². The second-order valence-corrected chi connectivity index (χ2v) is 7.31. The summed E-state index contributed by atoms with van der Waals surface area (Å²) in [5.74, 6) is 0.662. The van der Waals surface area contributed by atoms with Crippen molar-refractivity contribution >= 4 is 11.6 Å². The van der Waals surface area contributed by atoms with Crippen molar-refractivity contribution in [1.82, 2.24) is 14.5 Å². The van der Waals surface area contributed by atoms with Crippen molar-refractivity contribution in [2.45, 2.75) is 33.4 Å². The zero-order valence-electron chi connectivity index (χ0n) is 16.1. The second-order valence-electron chi connectivity index (χ2n) is 6.91. The molecule has 0 fully saturated rings. The summed E-state index contributed by atoms with van der Waals surface area (Å²) in [5.41, 5.74) is 5.52. The van der Waals surface area contributed by atoms with Gasteiger partial charge in [0.2, 0.25) is 0 Å². The molecule has 0 bridgehead atoms. The van der Waals surface area contributed by atoms with Crippen LogP contribution in [-0.4, -0.2) is 34.4 Å². The molecule has 3 aromatic rings. The lowest BCUT2D eigenvalue weighted by Gasteiger charge is -2.11. The summed E-state index contributed by atoms with van der Waals surface area (Å²) in [5, 5.41) is 0.113. The van der Waals surface area contributed by atoms with Gasteiger partial charge in [-0.2, -0.15) is 8.78 Å². The second kappa shape index (κ2) is 8.08. The molecule has 1 aliphatic rings. The van der Waals surface area contributed by atoms with Gasteiger partial charge in [0.25, 0.3) is 0 Å². The van der Waals surface area contributed by atoms with Crippen molar-refractivity contribution in [1.29, 1.82) is 0 Å². The van der Waals surface area contributed by atoms with E-state index < -0.39 is 6.61 Å². The smallest absolute Gasteiger partial charge is 0.387 e. The molecule has 29 heavy (non-hydrogen) atoms. The minimum absolute atomic E-state index is 0.0583. The molecule has 0 amide bonds. The maximum Gasteiger partial charge on any atom is 0.387 e. The Balaban J connectivity index is 1.84. The van der Waals surface area contributed by atoms with Gasteiger partial charge >= 0.3 is 6.61 Å². The van der Waals surface area contributed by atoms with Crippen LogP contribution in [0, 0.1) is 13.8 Å². The normalized spacial score (nSPS) is 14.0. The van der Waals surface area contributed by atoms with Crippen molar-refractivity contribution < 1.29 is 18.3 Å². The van der Waals surface area contributed by atoms with E-state index in [9.17, 15) is 8.78 Å². The van der Waals surface area contributed by atoms with Gasteiger partial charge in [-0.1, -0.05) is 11.6 Å². The topological polar surface area (TPSA) is 49.2 Å². The molecule has 0 aliphatic carbocycles. The van der Waals surface area contributed by atoms with E-state index >= 15 is 0 Å². The monoisotopic (exact) mass is 419 g/mol. The molecule has 1 aromatic carbocycles. The van der Waals surface area contributed by atoms with Gasteiger partial charge in [0.1, 0.15) is 11.6 Å². The fourth-order valence-corrected chi connectivity index (χ4v) is 3.89. The number of hydrogen-bond donors (Lipinski definition) is 0. The summed E-state index contributed by atoms with van der Waals surface area (Å²) in [6.45, 7) is 2.82. The Morgan fingerprint density at radius 2 is 1.83 bits per heavy atom. The Kier molecular flexibility index (Phi) is 5.52. The molecule has 3 heterocycles. The fourth-order valence-electron chi connectivity index (χ4n) is 3.66. The number of fused-ring (bicyclic) bond motifs is 1. The van der Waals surface area contributed by atoms with E-state index in [4.69, 9.17) is 21.3 Å². The third-order valence-corrected chi connectivity index (χ3v) is 5.07. The minimum Gasteiger partial charge on any atom is -0.433 e. The van der Waals surface area contributed by atoms with Crippen LogP contribution in [0.15, 0.2) is 30.3 Å². The molecular weight excluding hydrogens is 400 g/mol.